The summed E-state index contributed by atoms with van der Waals surface area (Å²) < 4.78 is 25.1. The van der Waals surface area contributed by atoms with Gasteiger partial charge in [-0.1, -0.05) is 0 Å². The third-order valence-corrected chi connectivity index (χ3v) is 6.26. The molecule has 1 aliphatic carbocycles. The van der Waals surface area contributed by atoms with E-state index in [4.69, 9.17) is 0 Å². The van der Waals surface area contributed by atoms with Gasteiger partial charge >= 0.3 is 0 Å². The molecule has 9 heteroatoms. The van der Waals surface area contributed by atoms with Crippen LogP contribution in [0.2, 0.25) is 0 Å². The molecule has 1 aromatic rings. The molecular formula is C15H24N4O3S2. The molecule has 0 spiro atoms. The first-order valence-electron chi connectivity index (χ1n) is 8.37. The minimum absolute atomic E-state index is 0.0231. The second-order valence-corrected chi connectivity index (χ2v) is 9.45. The largest absolute Gasteiger partial charge is 0.301 e. The van der Waals surface area contributed by atoms with Crippen LogP contribution in [0, 0.1) is 0 Å². The van der Waals surface area contributed by atoms with Crippen molar-refractivity contribution in [2.45, 2.75) is 44.6 Å². The van der Waals surface area contributed by atoms with Crippen molar-refractivity contribution in [3.8, 4) is 0 Å². The second-order valence-electron chi connectivity index (χ2n) is 6.58. The number of aromatic nitrogens is 1. The summed E-state index contributed by atoms with van der Waals surface area (Å²) in [4.78, 5) is 20.1. The molecule has 3 rings (SSSR count). The first-order chi connectivity index (χ1) is 11.4. The normalized spacial score (nSPS) is 19.9. The monoisotopic (exact) mass is 372 g/mol. The smallest absolute Gasteiger partial charge is 0.240 e. The Balaban J connectivity index is 1.45. The molecule has 0 bridgehead atoms. The molecule has 1 amide bonds. The van der Waals surface area contributed by atoms with E-state index in [1.807, 2.05) is 0 Å². The molecule has 24 heavy (non-hydrogen) atoms. The van der Waals surface area contributed by atoms with Crippen LogP contribution in [0.4, 0.5) is 5.13 Å². The standard InChI is InChI=1S/C15H24N4O3S2/c1-24(21,22)18-11-6-8-19(9-7-11)10-14(20)17-15-16-12-4-2-3-5-13(12)23-15/h11,18H,2-10H2,1H3,(H,16,17,20). The van der Waals surface area contributed by atoms with Gasteiger partial charge in [0.25, 0.3) is 0 Å². The third-order valence-electron chi connectivity index (χ3n) is 4.43. The SMILES string of the molecule is CS(=O)(=O)NC1CCN(CC(=O)Nc2nc3c(s2)CCCC3)CC1. The molecule has 1 aromatic heterocycles. The molecule has 134 valence electrons. The predicted octanol–water partition coefficient (Wildman–Crippen LogP) is 0.974. The van der Waals surface area contributed by atoms with Gasteiger partial charge in [-0.05, 0) is 38.5 Å². The van der Waals surface area contributed by atoms with Crippen molar-refractivity contribution >= 4 is 32.4 Å². The number of likely N-dealkylation sites (tertiary alicyclic amines) is 1. The zero-order valence-corrected chi connectivity index (χ0v) is 15.5. The molecule has 0 aromatic carbocycles. The zero-order chi connectivity index (χ0) is 17.2. The minimum atomic E-state index is -3.16. The maximum Gasteiger partial charge on any atom is 0.240 e. The number of thiazole rings is 1. The Kier molecular flexibility index (Phi) is 5.53. The summed E-state index contributed by atoms with van der Waals surface area (Å²) in [5.41, 5.74) is 1.15. The van der Waals surface area contributed by atoms with E-state index in [2.05, 4.69) is 19.9 Å². The lowest BCUT2D eigenvalue weighted by atomic mass is 10.0. The number of amides is 1. The molecule has 2 aliphatic rings. The van der Waals surface area contributed by atoms with Gasteiger partial charge in [0.05, 0.1) is 18.5 Å². The predicted molar refractivity (Wildman–Crippen MR) is 94.8 cm³/mol. The Morgan fingerprint density at radius 2 is 2.00 bits per heavy atom. The molecule has 2 heterocycles. The number of aryl methyl sites for hydroxylation is 2. The van der Waals surface area contributed by atoms with Gasteiger partial charge in [0.1, 0.15) is 0 Å². The quantitative estimate of drug-likeness (QED) is 0.804. The van der Waals surface area contributed by atoms with Gasteiger partial charge in [-0.2, -0.15) is 0 Å². The van der Waals surface area contributed by atoms with Crippen molar-refractivity contribution in [3.63, 3.8) is 0 Å². The highest BCUT2D eigenvalue weighted by Crippen LogP contribution is 2.29. The van der Waals surface area contributed by atoms with Gasteiger partial charge in [0.15, 0.2) is 5.13 Å². The highest BCUT2D eigenvalue weighted by Gasteiger charge is 2.23. The van der Waals surface area contributed by atoms with Gasteiger partial charge in [-0.15, -0.1) is 11.3 Å². The van der Waals surface area contributed by atoms with E-state index in [-0.39, 0.29) is 11.9 Å². The molecule has 0 saturated carbocycles. The van der Waals surface area contributed by atoms with Crippen LogP contribution in [0.25, 0.3) is 0 Å². The third kappa shape index (κ3) is 4.98. The van der Waals surface area contributed by atoms with Gasteiger partial charge in [-0.25, -0.2) is 18.1 Å². The van der Waals surface area contributed by atoms with E-state index >= 15 is 0 Å². The molecule has 7 nitrogen and oxygen atoms in total. The van der Waals surface area contributed by atoms with Crippen molar-refractivity contribution in [3.05, 3.63) is 10.6 Å². The molecule has 0 atom stereocenters. The van der Waals surface area contributed by atoms with Crippen LogP contribution in [-0.2, 0) is 27.7 Å². The summed E-state index contributed by atoms with van der Waals surface area (Å²) in [5, 5.41) is 3.62. The summed E-state index contributed by atoms with van der Waals surface area (Å²) in [6.07, 6.45) is 7.12. The number of fused-ring (bicyclic) bond motifs is 1. The van der Waals surface area contributed by atoms with Crippen LogP contribution >= 0.6 is 11.3 Å². The number of carbonyl (C=O) groups excluding carboxylic acids is 1. The molecule has 0 radical (unpaired) electrons. The lowest BCUT2D eigenvalue weighted by Gasteiger charge is -2.31. The summed E-state index contributed by atoms with van der Waals surface area (Å²) in [6.45, 7) is 1.76. The van der Waals surface area contributed by atoms with E-state index in [1.165, 1.54) is 24.0 Å². The molecule has 2 N–H and O–H groups in total. The Hall–Kier alpha value is -1.03. The van der Waals surface area contributed by atoms with E-state index in [1.54, 1.807) is 11.3 Å². The number of hydrogen-bond acceptors (Lipinski definition) is 6. The Morgan fingerprint density at radius 3 is 2.67 bits per heavy atom. The zero-order valence-electron chi connectivity index (χ0n) is 13.9. The Morgan fingerprint density at radius 1 is 1.29 bits per heavy atom. The van der Waals surface area contributed by atoms with Crippen molar-refractivity contribution in [2.75, 3.05) is 31.2 Å². The number of carbonyl (C=O) groups is 1. The second kappa shape index (κ2) is 7.47. The Labute approximate surface area is 146 Å². The average molecular weight is 373 g/mol. The van der Waals surface area contributed by atoms with E-state index in [9.17, 15) is 13.2 Å². The molecule has 0 unspecified atom stereocenters. The van der Waals surface area contributed by atoms with Gasteiger partial charge < -0.3 is 5.32 Å². The number of piperidine rings is 1. The lowest BCUT2D eigenvalue weighted by Crippen LogP contribution is -2.46. The van der Waals surface area contributed by atoms with E-state index in [0.717, 1.165) is 44.5 Å². The fourth-order valence-corrected chi connectivity index (χ4v) is 5.19. The highest BCUT2D eigenvalue weighted by atomic mass is 32.2. The summed E-state index contributed by atoms with van der Waals surface area (Å²) >= 11 is 1.59. The number of nitrogens with one attached hydrogen (secondary N) is 2. The van der Waals surface area contributed by atoms with E-state index < -0.39 is 10.0 Å². The number of rotatable bonds is 5. The van der Waals surface area contributed by atoms with E-state index in [0.29, 0.717) is 11.7 Å². The van der Waals surface area contributed by atoms with Gasteiger partial charge in [0, 0.05) is 24.0 Å². The first kappa shape index (κ1) is 17.8. The van der Waals surface area contributed by atoms with Crippen LogP contribution in [0.5, 0.6) is 0 Å². The summed E-state index contributed by atoms with van der Waals surface area (Å²) in [7, 11) is -3.16. The van der Waals surface area contributed by atoms with Crippen molar-refractivity contribution in [1.82, 2.24) is 14.6 Å². The maximum atomic E-state index is 12.2. The van der Waals surface area contributed by atoms with Crippen LogP contribution in [0.1, 0.15) is 36.3 Å². The average Bonchev–Trinajstić information content (AvgIpc) is 2.89. The fraction of sp³-hybridized carbons (Fsp3) is 0.733. The summed E-state index contributed by atoms with van der Waals surface area (Å²) in [5.74, 6) is -0.0457. The van der Waals surface area contributed by atoms with Crippen molar-refractivity contribution in [1.29, 1.82) is 0 Å². The van der Waals surface area contributed by atoms with Crippen molar-refractivity contribution in [2.24, 2.45) is 0 Å². The van der Waals surface area contributed by atoms with Gasteiger partial charge in [-0.3, -0.25) is 9.69 Å². The first-order valence-corrected chi connectivity index (χ1v) is 11.1. The number of nitrogens with zero attached hydrogens (tertiary/aromatic N) is 2. The highest BCUT2D eigenvalue weighted by molar-refractivity contribution is 7.88. The van der Waals surface area contributed by atoms with Crippen LogP contribution in [0.3, 0.4) is 0 Å². The number of anilines is 1. The number of sulfonamides is 1. The van der Waals surface area contributed by atoms with Crippen LogP contribution in [0.15, 0.2) is 0 Å². The maximum absolute atomic E-state index is 12.2. The fourth-order valence-electron chi connectivity index (χ4n) is 3.28. The number of hydrogen-bond donors (Lipinski definition) is 2. The van der Waals surface area contributed by atoms with Gasteiger partial charge in [0.2, 0.25) is 15.9 Å². The molecular weight excluding hydrogens is 348 g/mol. The summed E-state index contributed by atoms with van der Waals surface area (Å²) in [6, 6.07) is -0.0231. The Bertz CT molecular complexity index is 670. The molecule has 1 saturated heterocycles. The topological polar surface area (TPSA) is 91.4 Å². The minimum Gasteiger partial charge on any atom is -0.301 e. The van der Waals surface area contributed by atoms with Crippen LogP contribution in [-0.4, -0.2) is 56.1 Å². The molecule has 1 aliphatic heterocycles. The lowest BCUT2D eigenvalue weighted by molar-refractivity contribution is -0.117. The van der Waals surface area contributed by atoms with Crippen LogP contribution < -0.4 is 10.0 Å². The molecule has 1 fully saturated rings. The van der Waals surface area contributed by atoms with Crippen molar-refractivity contribution < 1.29 is 13.2 Å².